The second-order valence-electron chi connectivity index (χ2n) is 6.41. The Morgan fingerprint density at radius 2 is 1.86 bits per heavy atom. The van der Waals surface area contributed by atoms with Gasteiger partial charge in [-0.3, -0.25) is 4.98 Å². The van der Waals surface area contributed by atoms with Crippen molar-refractivity contribution in [1.82, 2.24) is 14.5 Å². The van der Waals surface area contributed by atoms with Crippen LogP contribution >= 0.6 is 0 Å². The van der Waals surface area contributed by atoms with Crippen LogP contribution in [-0.2, 0) is 6.54 Å². The third kappa shape index (κ3) is 3.60. The standard InChI is InChI=1S/C23H21N3O2/c1-2-28-21-13-19(10-11-20(21)27)23-22(18-8-4-3-5-9-18)25-16-26(23)15-17-7-6-12-24-14-17/h3-14,16,27H,2,15H2,1H3. The summed E-state index contributed by atoms with van der Waals surface area (Å²) < 4.78 is 7.69. The average Bonchev–Trinajstić information content (AvgIpc) is 3.15. The zero-order valence-corrected chi connectivity index (χ0v) is 15.6. The first-order valence-electron chi connectivity index (χ1n) is 9.22. The fourth-order valence-corrected chi connectivity index (χ4v) is 3.23. The van der Waals surface area contributed by atoms with E-state index in [0.29, 0.717) is 18.9 Å². The van der Waals surface area contributed by atoms with Gasteiger partial charge in [-0.15, -0.1) is 0 Å². The third-order valence-corrected chi connectivity index (χ3v) is 4.49. The Balaban J connectivity index is 1.85. The number of aromatic hydroxyl groups is 1. The molecule has 1 N–H and O–H groups in total. The van der Waals surface area contributed by atoms with Crippen LogP contribution in [0.15, 0.2) is 79.4 Å². The number of phenols is 1. The van der Waals surface area contributed by atoms with Gasteiger partial charge in [-0.25, -0.2) is 4.98 Å². The lowest BCUT2D eigenvalue weighted by molar-refractivity contribution is 0.318. The van der Waals surface area contributed by atoms with Crippen molar-refractivity contribution in [1.29, 1.82) is 0 Å². The van der Waals surface area contributed by atoms with E-state index in [-0.39, 0.29) is 5.75 Å². The molecule has 140 valence electrons. The molecule has 2 aromatic carbocycles. The monoisotopic (exact) mass is 371 g/mol. The van der Waals surface area contributed by atoms with Gasteiger partial charge in [-0.1, -0.05) is 36.4 Å². The molecule has 0 aliphatic carbocycles. The highest BCUT2D eigenvalue weighted by molar-refractivity contribution is 5.79. The fraction of sp³-hybridized carbons (Fsp3) is 0.130. The lowest BCUT2D eigenvalue weighted by Crippen LogP contribution is -2.02. The minimum absolute atomic E-state index is 0.130. The van der Waals surface area contributed by atoms with Gasteiger partial charge in [0.05, 0.1) is 30.9 Å². The normalized spacial score (nSPS) is 10.8. The summed E-state index contributed by atoms with van der Waals surface area (Å²) in [5.74, 6) is 0.596. The van der Waals surface area contributed by atoms with Gasteiger partial charge in [0, 0.05) is 23.5 Å². The highest BCUT2D eigenvalue weighted by atomic mass is 16.5. The van der Waals surface area contributed by atoms with Gasteiger partial charge in [0.2, 0.25) is 0 Å². The first-order chi connectivity index (χ1) is 13.8. The number of rotatable bonds is 6. The van der Waals surface area contributed by atoms with Crippen LogP contribution in [-0.4, -0.2) is 26.2 Å². The minimum atomic E-state index is 0.130. The smallest absolute Gasteiger partial charge is 0.161 e. The molecule has 2 heterocycles. The van der Waals surface area contributed by atoms with E-state index in [2.05, 4.69) is 9.55 Å². The largest absolute Gasteiger partial charge is 0.504 e. The Hall–Kier alpha value is -3.60. The number of nitrogens with zero attached hydrogens (tertiary/aromatic N) is 3. The zero-order chi connectivity index (χ0) is 19.3. The molecule has 0 spiro atoms. The number of imidazole rings is 1. The molecule has 0 saturated heterocycles. The summed E-state index contributed by atoms with van der Waals surface area (Å²) in [4.78, 5) is 8.91. The maximum Gasteiger partial charge on any atom is 0.161 e. The predicted octanol–water partition coefficient (Wildman–Crippen LogP) is 4.76. The summed E-state index contributed by atoms with van der Waals surface area (Å²) in [5.41, 5.74) is 4.91. The van der Waals surface area contributed by atoms with Crippen LogP contribution < -0.4 is 4.74 Å². The van der Waals surface area contributed by atoms with Gasteiger partial charge in [-0.2, -0.15) is 0 Å². The first-order valence-corrected chi connectivity index (χ1v) is 9.22. The summed E-state index contributed by atoms with van der Waals surface area (Å²) in [6.45, 7) is 3.03. The summed E-state index contributed by atoms with van der Waals surface area (Å²) in [6.07, 6.45) is 5.47. The van der Waals surface area contributed by atoms with Crippen LogP contribution in [0.25, 0.3) is 22.5 Å². The van der Waals surface area contributed by atoms with Crippen LogP contribution in [0.4, 0.5) is 0 Å². The number of pyridine rings is 1. The first kappa shape index (κ1) is 17.8. The lowest BCUT2D eigenvalue weighted by Gasteiger charge is -2.13. The summed E-state index contributed by atoms with van der Waals surface area (Å²) in [5, 5.41) is 10.1. The topological polar surface area (TPSA) is 60.2 Å². The third-order valence-electron chi connectivity index (χ3n) is 4.49. The maximum absolute atomic E-state index is 10.1. The van der Waals surface area contributed by atoms with Crippen molar-refractivity contribution >= 4 is 0 Å². The Morgan fingerprint density at radius 3 is 2.61 bits per heavy atom. The molecule has 28 heavy (non-hydrogen) atoms. The van der Waals surface area contributed by atoms with E-state index in [4.69, 9.17) is 9.72 Å². The number of phenolic OH excluding ortho intramolecular Hbond substituents is 1. The van der Waals surface area contributed by atoms with Gasteiger partial charge in [-0.05, 0) is 36.8 Å². The predicted molar refractivity (Wildman–Crippen MR) is 109 cm³/mol. The number of hydrogen-bond donors (Lipinski definition) is 1. The number of aromatic nitrogens is 3. The Kier molecular flexibility index (Phi) is 5.06. The van der Waals surface area contributed by atoms with Gasteiger partial charge in [0.25, 0.3) is 0 Å². The van der Waals surface area contributed by atoms with Gasteiger partial charge in [0.15, 0.2) is 11.5 Å². The molecule has 0 amide bonds. The highest BCUT2D eigenvalue weighted by Crippen LogP contribution is 2.36. The van der Waals surface area contributed by atoms with Crippen molar-refractivity contribution in [2.24, 2.45) is 0 Å². The maximum atomic E-state index is 10.1. The van der Waals surface area contributed by atoms with Crippen molar-refractivity contribution in [3.8, 4) is 34.0 Å². The molecule has 0 saturated carbocycles. The van der Waals surface area contributed by atoms with Crippen LogP contribution in [0.3, 0.4) is 0 Å². The van der Waals surface area contributed by atoms with E-state index in [0.717, 1.165) is 28.1 Å². The molecule has 0 fully saturated rings. The van der Waals surface area contributed by atoms with Crippen LogP contribution in [0.2, 0.25) is 0 Å². The minimum Gasteiger partial charge on any atom is -0.504 e. The molecular formula is C23H21N3O2. The Morgan fingerprint density at radius 1 is 1.00 bits per heavy atom. The zero-order valence-electron chi connectivity index (χ0n) is 15.6. The van der Waals surface area contributed by atoms with E-state index in [1.54, 1.807) is 12.3 Å². The Labute approximate surface area is 163 Å². The summed E-state index contributed by atoms with van der Waals surface area (Å²) >= 11 is 0. The molecule has 0 bridgehead atoms. The van der Waals surface area contributed by atoms with Gasteiger partial charge >= 0.3 is 0 Å². The molecule has 2 aromatic heterocycles. The highest BCUT2D eigenvalue weighted by Gasteiger charge is 2.17. The van der Waals surface area contributed by atoms with Crippen molar-refractivity contribution < 1.29 is 9.84 Å². The molecule has 0 aliphatic rings. The van der Waals surface area contributed by atoms with Crippen molar-refractivity contribution in [2.75, 3.05) is 6.61 Å². The van der Waals surface area contributed by atoms with E-state index in [1.165, 1.54) is 0 Å². The van der Waals surface area contributed by atoms with Crippen LogP contribution in [0.1, 0.15) is 12.5 Å². The van der Waals surface area contributed by atoms with Crippen molar-refractivity contribution in [2.45, 2.75) is 13.5 Å². The molecular weight excluding hydrogens is 350 g/mol. The summed E-state index contributed by atoms with van der Waals surface area (Å²) in [7, 11) is 0. The molecule has 4 rings (SSSR count). The van der Waals surface area contributed by atoms with E-state index < -0.39 is 0 Å². The second kappa shape index (κ2) is 7.96. The van der Waals surface area contributed by atoms with Crippen LogP contribution in [0.5, 0.6) is 11.5 Å². The van der Waals surface area contributed by atoms with Gasteiger partial charge < -0.3 is 14.4 Å². The van der Waals surface area contributed by atoms with E-state index >= 15 is 0 Å². The second-order valence-corrected chi connectivity index (χ2v) is 6.41. The number of hydrogen-bond acceptors (Lipinski definition) is 4. The molecule has 0 radical (unpaired) electrons. The van der Waals surface area contributed by atoms with Gasteiger partial charge in [0.1, 0.15) is 0 Å². The Bertz CT molecular complexity index is 1060. The van der Waals surface area contributed by atoms with Crippen LogP contribution in [0, 0.1) is 0 Å². The summed E-state index contributed by atoms with van der Waals surface area (Å²) in [6, 6.07) is 19.5. The van der Waals surface area contributed by atoms with E-state index in [9.17, 15) is 5.11 Å². The molecule has 0 atom stereocenters. The molecule has 0 unspecified atom stereocenters. The SMILES string of the molecule is CCOc1cc(-c2c(-c3ccccc3)ncn2Cc2cccnc2)ccc1O. The lowest BCUT2D eigenvalue weighted by atomic mass is 10.0. The van der Waals surface area contributed by atoms with Crippen molar-refractivity contribution in [3.63, 3.8) is 0 Å². The molecule has 4 aromatic rings. The number of ether oxygens (including phenoxy) is 1. The quantitative estimate of drug-likeness (QED) is 0.531. The van der Waals surface area contributed by atoms with Crippen molar-refractivity contribution in [3.05, 3.63) is 84.9 Å². The average molecular weight is 371 g/mol. The molecule has 5 heteroatoms. The molecule has 5 nitrogen and oxygen atoms in total. The fourth-order valence-electron chi connectivity index (χ4n) is 3.23. The molecule has 0 aliphatic heterocycles. The van der Waals surface area contributed by atoms with E-state index in [1.807, 2.05) is 74.0 Å². The number of benzene rings is 2.